The van der Waals surface area contributed by atoms with Gasteiger partial charge in [0.15, 0.2) is 0 Å². The van der Waals surface area contributed by atoms with Crippen molar-refractivity contribution in [2.75, 3.05) is 13.1 Å². The number of rotatable bonds is 5. The molecule has 1 amide bonds. The summed E-state index contributed by atoms with van der Waals surface area (Å²) in [5.74, 6) is -0.115. The van der Waals surface area contributed by atoms with Crippen molar-refractivity contribution >= 4 is 5.91 Å². The van der Waals surface area contributed by atoms with Gasteiger partial charge in [-0.05, 0) is 6.08 Å². The fourth-order valence-electron chi connectivity index (χ4n) is 0.619. The summed E-state index contributed by atoms with van der Waals surface area (Å²) in [5.41, 5.74) is 0. The Kier molecular flexibility index (Phi) is 5.47. The summed E-state index contributed by atoms with van der Waals surface area (Å²) < 4.78 is 0. The highest BCUT2D eigenvalue weighted by atomic mass is 16.1. The third kappa shape index (κ3) is 7.06. The van der Waals surface area contributed by atoms with E-state index in [1.807, 2.05) is 0 Å². The van der Waals surface area contributed by atoms with Crippen LogP contribution in [0.3, 0.4) is 0 Å². The maximum Gasteiger partial charge on any atom is 0.243 e. The largest absolute Gasteiger partial charge is 0.351 e. The van der Waals surface area contributed by atoms with Gasteiger partial charge in [-0.1, -0.05) is 20.4 Å². The molecule has 64 valence electrons. The second-order valence-corrected chi connectivity index (χ2v) is 2.60. The Morgan fingerprint density at radius 2 is 2.18 bits per heavy atom. The molecule has 0 spiro atoms. The Bertz CT molecular complexity index is 132. The summed E-state index contributed by atoms with van der Waals surface area (Å²) in [6.07, 6.45) is 1.27. The van der Waals surface area contributed by atoms with Gasteiger partial charge in [0.1, 0.15) is 0 Å². The van der Waals surface area contributed by atoms with Crippen molar-refractivity contribution in [2.45, 2.75) is 19.9 Å². The van der Waals surface area contributed by atoms with Crippen LogP contribution in [0.2, 0.25) is 0 Å². The zero-order valence-electron chi connectivity index (χ0n) is 7.18. The molecule has 0 aliphatic heterocycles. The van der Waals surface area contributed by atoms with E-state index in [1.54, 1.807) is 0 Å². The Morgan fingerprint density at radius 3 is 2.64 bits per heavy atom. The van der Waals surface area contributed by atoms with E-state index in [9.17, 15) is 4.79 Å². The standard InChI is InChI=1S/C8H16N2O/c1-4-8(11)10-6-5-9-7(2)3/h4,7,9H,1,5-6H2,2-3H3,(H,10,11). The van der Waals surface area contributed by atoms with Gasteiger partial charge in [-0.2, -0.15) is 0 Å². The van der Waals surface area contributed by atoms with Crippen LogP contribution in [0.5, 0.6) is 0 Å². The molecule has 0 bridgehead atoms. The van der Waals surface area contributed by atoms with E-state index in [2.05, 4.69) is 31.1 Å². The van der Waals surface area contributed by atoms with E-state index >= 15 is 0 Å². The molecule has 0 radical (unpaired) electrons. The Balaban J connectivity index is 3.14. The Morgan fingerprint density at radius 1 is 1.55 bits per heavy atom. The summed E-state index contributed by atoms with van der Waals surface area (Å²) in [6, 6.07) is 0.468. The zero-order chi connectivity index (χ0) is 8.69. The van der Waals surface area contributed by atoms with E-state index in [-0.39, 0.29) is 5.91 Å². The first-order valence-corrected chi connectivity index (χ1v) is 3.80. The molecule has 2 N–H and O–H groups in total. The number of carbonyl (C=O) groups excluding carboxylic acids is 1. The number of amides is 1. The maximum absolute atomic E-state index is 10.6. The lowest BCUT2D eigenvalue weighted by Crippen LogP contribution is -2.33. The third-order valence-corrected chi connectivity index (χ3v) is 1.16. The monoisotopic (exact) mass is 156 g/mol. The summed E-state index contributed by atoms with van der Waals surface area (Å²) >= 11 is 0. The summed E-state index contributed by atoms with van der Waals surface area (Å²) in [6.45, 7) is 8.93. The molecule has 0 unspecified atom stereocenters. The van der Waals surface area contributed by atoms with E-state index < -0.39 is 0 Å². The van der Waals surface area contributed by atoms with Crippen LogP contribution in [0.4, 0.5) is 0 Å². The van der Waals surface area contributed by atoms with Gasteiger partial charge in [0, 0.05) is 19.1 Å². The van der Waals surface area contributed by atoms with Crippen molar-refractivity contribution in [1.29, 1.82) is 0 Å². The predicted octanol–water partition coefficient (Wildman–Crippen LogP) is 0.287. The van der Waals surface area contributed by atoms with E-state index in [0.29, 0.717) is 12.6 Å². The van der Waals surface area contributed by atoms with Crippen molar-refractivity contribution in [3.05, 3.63) is 12.7 Å². The van der Waals surface area contributed by atoms with Gasteiger partial charge in [-0.25, -0.2) is 0 Å². The fraction of sp³-hybridized carbons (Fsp3) is 0.625. The van der Waals surface area contributed by atoms with Crippen molar-refractivity contribution in [3.8, 4) is 0 Å². The molecule has 0 rings (SSSR count). The molecule has 0 aliphatic carbocycles. The normalized spacial score (nSPS) is 9.73. The zero-order valence-corrected chi connectivity index (χ0v) is 7.18. The molecule has 0 fully saturated rings. The van der Waals surface area contributed by atoms with E-state index in [0.717, 1.165) is 6.54 Å². The lowest BCUT2D eigenvalue weighted by molar-refractivity contribution is -0.116. The van der Waals surface area contributed by atoms with Crippen LogP contribution in [0.25, 0.3) is 0 Å². The summed E-state index contributed by atoms with van der Waals surface area (Å²) in [4.78, 5) is 10.6. The molecule has 0 saturated heterocycles. The molecule has 0 heterocycles. The molecule has 3 heteroatoms. The number of nitrogens with one attached hydrogen (secondary N) is 2. The van der Waals surface area contributed by atoms with E-state index in [4.69, 9.17) is 0 Å². The second kappa shape index (κ2) is 5.92. The molecule has 0 aromatic heterocycles. The topological polar surface area (TPSA) is 41.1 Å². The van der Waals surface area contributed by atoms with Gasteiger partial charge in [0.05, 0.1) is 0 Å². The Labute approximate surface area is 67.9 Å². The first-order valence-electron chi connectivity index (χ1n) is 3.80. The molecule has 0 atom stereocenters. The van der Waals surface area contributed by atoms with Crippen molar-refractivity contribution in [2.24, 2.45) is 0 Å². The minimum absolute atomic E-state index is 0.115. The number of carbonyl (C=O) groups is 1. The highest BCUT2D eigenvalue weighted by molar-refractivity contribution is 5.86. The minimum atomic E-state index is -0.115. The first kappa shape index (κ1) is 10.2. The van der Waals surface area contributed by atoms with Crippen molar-refractivity contribution < 1.29 is 4.79 Å². The predicted molar refractivity (Wildman–Crippen MR) is 46.3 cm³/mol. The lowest BCUT2D eigenvalue weighted by atomic mass is 10.4. The van der Waals surface area contributed by atoms with Gasteiger partial charge in [0.2, 0.25) is 5.91 Å². The average molecular weight is 156 g/mol. The van der Waals surface area contributed by atoms with Gasteiger partial charge in [-0.3, -0.25) is 4.79 Å². The number of hydrogen-bond donors (Lipinski definition) is 2. The minimum Gasteiger partial charge on any atom is -0.351 e. The molecular weight excluding hydrogens is 140 g/mol. The average Bonchev–Trinajstić information content (AvgIpc) is 1.97. The lowest BCUT2D eigenvalue weighted by Gasteiger charge is -2.07. The number of hydrogen-bond acceptors (Lipinski definition) is 2. The summed E-state index contributed by atoms with van der Waals surface area (Å²) in [7, 11) is 0. The second-order valence-electron chi connectivity index (χ2n) is 2.60. The third-order valence-electron chi connectivity index (χ3n) is 1.16. The SMILES string of the molecule is C=CC(=O)NCCNC(C)C. The van der Waals surface area contributed by atoms with Crippen LogP contribution in [0, 0.1) is 0 Å². The molecule has 0 saturated carbocycles. The highest BCUT2D eigenvalue weighted by Crippen LogP contribution is 1.73. The van der Waals surface area contributed by atoms with Crippen LogP contribution in [0.1, 0.15) is 13.8 Å². The molecule has 3 nitrogen and oxygen atoms in total. The first-order chi connectivity index (χ1) is 5.16. The van der Waals surface area contributed by atoms with Crippen molar-refractivity contribution in [1.82, 2.24) is 10.6 Å². The van der Waals surface area contributed by atoms with Crippen LogP contribution >= 0.6 is 0 Å². The molecule has 0 aliphatic rings. The van der Waals surface area contributed by atoms with Crippen LogP contribution in [-0.2, 0) is 4.79 Å². The van der Waals surface area contributed by atoms with Crippen LogP contribution < -0.4 is 10.6 Å². The molecule has 0 aromatic carbocycles. The van der Waals surface area contributed by atoms with Gasteiger partial charge < -0.3 is 10.6 Å². The van der Waals surface area contributed by atoms with Crippen LogP contribution in [-0.4, -0.2) is 25.0 Å². The fourth-order valence-corrected chi connectivity index (χ4v) is 0.619. The molecular formula is C8H16N2O. The van der Waals surface area contributed by atoms with Gasteiger partial charge >= 0.3 is 0 Å². The maximum atomic E-state index is 10.6. The molecule has 0 aromatic rings. The quantitative estimate of drug-likeness (QED) is 0.443. The van der Waals surface area contributed by atoms with Gasteiger partial charge in [0.25, 0.3) is 0 Å². The summed E-state index contributed by atoms with van der Waals surface area (Å²) in [5, 5.41) is 5.84. The van der Waals surface area contributed by atoms with Crippen LogP contribution in [0.15, 0.2) is 12.7 Å². The molecule has 11 heavy (non-hydrogen) atoms. The van der Waals surface area contributed by atoms with Crippen molar-refractivity contribution in [3.63, 3.8) is 0 Å². The smallest absolute Gasteiger partial charge is 0.243 e. The highest BCUT2D eigenvalue weighted by Gasteiger charge is 1.93. The van der Waals surface area contributed by atoms with E-state index in [1.165, 1.54) is 6.08 Å². The Hall–Kier alpha value is -0.830. The van der Waals surface area contributed by atoms with Gasteiger partial charge in [-0.15, -0.1) is 0 Å².